The second kappa shape index (κ2) is 58.6. The highest BCUT2D eigenvalue weighted by Gasteiger charge is 2.41. The van der Waals surface area contributed by atoms with Crippen molar-refractivity contribution in [3.05, 3.63) is 95.6 Å². The third-order valence-electron chi connectivity index (χ3n) is 23.2. The number of amides is 9. The molecule has 1 saturated heterocycles. The van der Waals surface area contributed by atoms with Crippen molar-refractivity contribution in [3.8, 4) is 11.5 Å². The van der Waals surface area contributed by atoms with Crippen LogP contribution in [0.3, 0.4) is 0 Å². The molecule has 4 rings (SSSR count). The molecule has 16 atom stereocenters. The molecule has 3 aromatic carbocycles. The summed E-state index contributed by atoms with van der Waals surface area (Å²) in [5.41, 5.74) is 6.76. The van der Waals surface area contributed by atoms with Crippen molar-refractivity contribution in [2.75, 3.05) is 44.4 Å². The quantitative estimate of drug-likeness (QED) is 0.0285. The molecule has 0 spiro atoms. The summed E-state index contributed by atoms with van der Waals surface area (Å²) in [6, 6.07) is 10.4. The number of ketones is 8. The van der Waals surface area contributed by atoms with E-state index < -0.39 is 286 Å². The number of carbonyl (C=O) groups is 20. The van der Waals surface area contributed by atoms with Gasteiger partial charge in [0.15, 0.2) is 34.7 Å². The summed E-state index contributed by atoms with van der Waals surface area (Å²) in [6.07, 6.45) is -9.59. The van der Waals surface area contributed by atoms with Crippen LogP contribution in [-0.2, 0) is 115 Å². The summed E-state index contributed by atoms with van der Waals surface area (Å²) in [4.78, 5) is 273. The zero-order chi connectivity index (χ0) is 99.5. The highest BCUT2D eigenvalue weighted by atomic mass is 32.2. The number of imide groups is 1. The van der Waals surface area contributed by atoms with Gasteiger partial charge in [-0.2, -0.15) is 0 Å². The molecular formula is C94H133N9O29S. The minimum Gasteiger partial charge on any atom is -0.508 e. The SMILES string of the molecule is CC[C@H](C)[C@H](NC(=O)[C@H](CO)CC(=O)[C@H](Cc1ccc(O)cc1)NC(=O)[C@H](CC(=O)O)CC(=O)[C@H](CO)NC(=O)[C@@H](CC(=O)[C@H](Cc1ccccc1)NC(=O)[C@@H](CC(=O)CNC(=O)[C@H](CCC(=O)O)CC(=O)CSCC(=O)CCCN1C(=O)CC(C)CC1=O)[C@@H](C)O)[C@@H](C)O)C(=O)C[C@@H](Cc1ccc(O)cc1)C(=O)N[C@@H](CC(C)C)C(=O)C[C@@H](CC(=O)O)C(=O)N[C@H](C)CCCCN. The van der Waals surface area contributed by atoms with Crippen LogP contribution in [0.4, 0.5) is 0 Å². The van der Waals surface area contributed by atoms with Gasteiger partial charge in [-0.05, 0) is 137 Å². The number of piperidine rings is 1. The van der Waals surface area contributed by atoms with Crippen molar-refractivity contribution in [2.24, 2.45) is 64.9 Å². The molecule has 0 unspecified atom stereocenters. The number of aliphatic carboxylic acids is 3. The maximum absolute atomic E-state index is 14.9. The van der Waals surface area contributed by atoms with E-state index >= 15 is 0 Å². The molecule has 1 fully saturated rings. The Morgan fingerprint density at radius 3 is 1.41 bits per heavy atom. The Bertz CT molecular complexity index is 4450. The summed E-state index contributed by atoms with van der Waals surface area (Å²) in [5, 5.41) is 111. The Morgan fingerprint density at radius 1 is 0.444 bits per heavy atom. The van der Waals surface area contributed by atoms with E-state index in [1.807, 2.05) is 0 Å². The predicted octanol–water partition coefficient (Wildman–Crippen LogP) is 2.85. The van der Waals surface area contributed by atoms with Crippen molar-refractivity contribution >= 4 is 129 Å². The Balaban J connectivity index is 1.52. The lowest BCUT2D eigenvalue weighted by Gasteiger charge is -2.28. The zero-order valence-electron chi connectivity index (χ0n) is 76.7. The number of phenolic OH excluding ortho intramolecular Hbond substituents is 2. The number of Topliss-reactive ketones (excluding diaryl/α,β-unsaturated/α-hetero) is 8. The fourth-order valence-electron chi connectivity index (χ4n) is 15.3. The van der Waals surface area contributed by atoms with Gasteiger partial charge in [0, 0.05) is 95.1 Å². The number of aliphatic hydroxyl groups excluding tert-OH is 4. The van der Waals surface area contributed by atoms with Crippen LogP contribution < -0.4 is 43.0 Å². The molecule has 0 aliphatic carbocycles. The number of phenols is 2. The van der Waals surface area contributed by atoms with Crippen LogP contribution in [0.15, 0.2) is 78.9 Å². The van der Waals surface area contributed by atoms with Crippen LogP contribution in [0, 0.1) is 59.2 Å². The molecule has 0 aromatic heterocycles. The number of hydrogen-bond donors (Lipinski definition) is 17. The predicted molar refractivity (Wildman–Crippen MR) is 483 cm³/mol. The second-order valence-corrected chi connectivity index (χ2v) is 36.2. The highest BCUT2D eigenvalue weighted by molar-refractivity contribution is 8.00. The highest BCUT2D eigenvalue weighted by Crippen LogP contribution is 2.28. The molecule has 1 aliphatic rings. The average molecular weight is 1890 g/mol. The van der Waals surface area contributed by atoms with Crippen molar-refractivity contribution in [2.45, 2.75) is 252 Å². The van der Waals surface area contributed by atoms with E-state index in [1.54, 1.807) is 71.9 Å². The summed E-state index contributed by atoms with van der Waals surface area (Å²) >= 11 is 0.943. The van der Waals surface area contributed by atoms with Gasteiger partial charge in [0.2, 0.25) is 53.2 Å². The summed E-state index contributed by atoms with van der Waals surface area (Å²) in [6.45, 7) is 9.98. The fourth-order valence-corrected chi connectivity index (χ4v) is 16.1. The number of unbranched alkanes of at least 4 members (excludes halogenated alkanes) is 1. The van der Waals surface area contributed by atoms with Crippen LogP contribution >= 0.6 is 11.8 Å². The monoisotopic (exact) mass is 1880 g/mol. The van der Waals surface area contributed by atoms with Gasteiger partial charge in [-0.25, -0.2) is 0 Å². The number of rotatable bonds is 67. The van der Waals surface area contributed by atoms with E-state index in [2.05, 4.69) is 37.2 Å². The van der Waals surface area contributed by atoms with Crippen LogP contribution in [-0.4, -0.2) is 261 Å². The molecule has 734 valence electrons. The summed E-state index contributed by atoms with van der Waals surface area (Å²) in [5.74, 6) is -30.9. The Morgan fingerprint density at radius 2 is 0.902 bits per heavy atom. The van der Waals surface area contributed by atoms with E-state index in [4.69, 9.17) is 5.73 Å². The smallest absolute Gasteiger partial charge is 0.304 e. The lowest BCUT2D eigenvalue weighted by atomic mass is 9.85. The minimum atomic E-state index is -2.00. The molecule has 0 radical (unpaired) electrons. The molecule has 3 aromatic rings. The third kappa shape index (κ3) is 41.7. The standard InChI is InChI=1S/C94H133N9O29S/c1-9-54(5)87(81(117)41-62(35-59-20-25-66(108)26-21-59)90(128)98-73(32-52(2)3)77(113)39-63(43-85(122)123)89(127)97-55(6)16-13-14-30-95)102-92(130)65(48-104)42-78(114)74(37-60-22-27-67(109)28-23-60)99-91(129)64(44-86(124)125)40-79(115)76(49-105)101-94(132)72(57(8)107)46-80(116)75(36-58-17-11-10-12-18-58)100-93(131)71(56(7)106)45-69(111)47-96-88(126)61(24-29-84(120)121)38-70(112)51-133-50-68(110)19-15-31-103-82(118)33-53(4)34-83(103)119/h10-12,17-18,20-23,25-28,52-57,61-65,71-76,87,104-109H,9,13-16,19,24,29-51,95H2,1-8H3,(H,96,126)(H,97,127)(H,98,128)(H,99,129)(H,100,131)(H,101,132)(H,102,130)(H,120,121)(H,122,123)(H,124,125)/t54-,55+,56+,57+,61+,62+,63-,64-,65-,71-,72-,73-,74-,75-,76-,87-/m0/s1. The maximum atomic E-state index is 14.9. The first-order chi connectivity index (χ1) is 62.8. The van der Waals surface area contributed by atoms with E-state index in [0.717, 1.165) is 30.5 Å². The van der Waals surface area contributed by atoms with Crippen LogP contribution in [0.25, 0.3) is 0 Å². The van der Waals surface area contributed by atoms with E-state index in [9.17, 15) is 142 Å². The number of carboxylic acids is 3. The van der Waals surface area contributed by atoms with E-state index in [1.165, 1.54) is 48.5 Å². The number of thioether (sulfide) groups is 1. The van der Waals surface area contributed by atoms with Gasteiger partial charge >= 0.3 is 17.9 Å². The van der Waals surface area contributed by atoms with Crippen molar-refractivity contribution in [1.29, 1.82) is 0 Å². The number of hydrogen-bond acceptors (Lipinski definition) is 28. The lowest BCUT2D eigenvalue weighted by Crippen LogP contribution is -2.52. The van der Waals surface area contributed by atoms with Crippen LogP contribution in [0.5, 0.6) is 11.5 Å². The number of aromatic hydroxyl groups is 2. The number of likely N-dealkylation sites (tertiary alicyclic amines) is 1. The summed E-state index contributed by atoms with van der Waals surface area (Å²) in [7, 11) is 0. The Kier molecular flexibility index (Phi) is 50.2. The number of carbonyl (C=O) groups excluding carboxylic acids is 17. The Labute approximate surface area is 777 Å². The molecule has 1 heterocycles. The molecular weight excluding hydrogens is 1750 g/mol. The molecule has 18 N–H and O–H groups in total. The number of nitrogens with one attached hydrogen (secondary N) is 7. The van der Waals surface area contributed by atoms with Crippen molar-refractivity contribution < 1.29 is 142 Å². The van der Waals surface area contributed by atoms with Crippen LogP contribution in [0.2, 0.25) is 0 Å². The van der Waals surface area contributed by atoms with Gasteiger partial charge in [0.1, 0.15) is 29.1 Å². The number of aliphatic hydroxyl groups is 4. The molecule has 9 amide bonds. The van der Waals surface area contributed by atoms with Crippen molar-refractivity contribution in [3.63, 3.8) is 0 Å². The van der Waals surface area contributed by atoms with Gasteiger partial charge in [-0.3, -0.25) is 101 Å². The molecule has 1 aliphatic heterocycles. The second-order valence-electron chi connectivity index (χ2n) is 35.2. The zero-order valence-corrected chi connectivity index (χ0v) is 77.6. The van der Waals surface area contributed by atoms with E-state index in [-0.39, 0.29) is 122 Å². The normalized spacial score (nSPS) is 15.9. The maximum Gasteiger partial charge on any atom is 0.304 e. The lowest BCUT2D eigenvalue weighted by molar-refractivity contribution is -0.150. The molecule has 38 nitrogen and oxygen atoms in total. The van der Waals surface area contributed by atoms with Crippen LogP contribution in [0.1, 0.15) is 200 Å². The Hall–Kier alpha value is -11.4. The molecule has 39 heteroatoms. The van der Waals surface area contributed by atoms with Gasteiger partial charge < -0.3 is 88.9 Å². The number of nitrogens with two attached hydrogens (primary N) is 1. The minimum absolute atomic E-state index is 0.0152. The first-order valence-corrected chi connectivity index (χ1v) is 46.1. The van der Waals surface area contributed by atoms with Crippen molar-refractivity contribution in [1.82, 2.24) is 42.1 Å². The largest absolute Gasteiger partial charge is 0.508 e. The fraction of sp³-hybridized carbons (Fsp3) is 0.596. The van der Waals surface area contributed by atoms with Gasteiger partial charge in [0.25, 0.3) is 0 Å². The number of nitrogens with zero attached hydrogens (tertiary/aromatic N) is 1. The molecule has 133 heavy (non-hydrogen) atoms. The van der Waals surface area contributed by atoms with Gasteiger partial charge in [-0.1, -0.05) is 102 Å². The average Bonchev–Trinajstić information content (AvgIpc) is 0.865. The van der Waals surface area contributed by atoms with Gasteiger partial charge in [-0.15, -0.1) is 11.8 Å². The third-order valence-corrected chi connectivity index (χ3v) is 24.2. The molecule has 0 saturated carbocycles. The first-order valence-electron chi connectivity index (χ1n) is 45.0. The molecule has 0 bridgehead atoms. The van der Waals surface area contributed by atoms with E-state index in [0.29, 0.717) is 36.9 Å². The topological polar surface area (TPSA) is 637 Å². The first kappa shape index (κ1) is 114. The summed E-state index contributed by atoms with van der Waals surface area (Å²) < 4.78 is 0. The number of carboxylic acid groups (broad SMARTS) is 3. The van der Waals surface area contributed by atoms with Gasteiger partial charge in [0.05, 0.1) is 110 Å². The number of benzene rings is 3.